The third kappa shape index (κ3) is 2.42. The van der Waals surface area contributed by atoms with Crippen molar-refractivity contribution in [2.24, 2.45) is 5.92 Å². The second-order valence-electron chi connectivity index (χ2n) is 4.38. The maximum Gasteiger partial charge on any atom is 0.0883 e. The zero-order valence-electron chi connectivity index (χ0n) is 10.1. The lowest BCUT2D eigenvalue weighted by atomic mass is 9.94. The van der Waals surface area contributed by atoms with Crippen LogP contribution in [0.3, 0.4) is 0 Å². The number of pyridine rings is 1. The van der Waals surface area contributed by atoms with Gasteiger partial charge in [0, 0.05) is 37.0 Å². The molecule has 2 heterocycles. The van der Waals surface area contributed by atoms with Crippen molar-refractivity contribution in [3.8, 4) is 0 Å². The number of ether oxygens (including phenoxy) is 1. The van der Waals surface area contributed by atoms with Gasteiger partial charge in [-0.1, -0.05) is 6.92 Å². The molecule has 1 N–H and O–H groups in total. The van der Waals surface area contributed by atoms with Crippen LogP contribution in [0, 0.1) is 12.8 Å². The number of hydrogen-bond donors (Lipinski definition) is 1. The third-order valence-corrected chi connectivity index (χ3v) is 3.26. The number of rotatable bonds is 4. The maximum absolute atomic E-state index is 5.85. The van der Waals surface area contributed by atoms with Crippen LogP contribution in [0.4, 0.5) is 0 Å². The van der Waals surface area contributed by atoms with E-state index in [2.05, 4.69) is 30.2 Å². The number of hydrogen-bond acceptors (Lipinski definition) is 3. The maximum atomic E-state index is 5.85. The van der Waals surface area contributed by atoms with Crippen LogP contribution >= 0.6 is 0 Å². The molecule has 0 aromatic carbocycles. The molecule has 1 fully saturated rings. The van der Waals surface area contributed by atoms with Gasteiger partial charge in [0.25, 0.3) is 0 Å². The summed E-state index contributed by atoms with van der Waals surface area (Å²) in [6, 6.07) is 2.06. The first kappa shape index (κ1) is 11.6. The van der Waals surface area contributed by atoms with Crippen molar-refractivity contribution in [2.45, 2.75) is 26.4 Å². The second-order valence-corrected chi connectivity index (χ2v) is 4.38. The summed E-state index contributed by atoms with van der Waals surface area (Å²) < 4.78 is 5.85. The van der Waals surface area contributed by atoms with Gasteiger partial charge >= 0.3 is 0 Å². The average molecular weight is 220 g/mol. The molecule has 0 aliphatic carbocycles. The van der Waals surface area contributed by atoms with Gasteiger partial charge in [-0.05, 0) is 31.5 Å². The van der Waals surface area contributed by atoms with Crippen LogP contribution in [-0.4, -0.2) is 24.7 Å². The molecule has 2 unspecified atom stereocenters. The van der Waals surface area contributed by atoms with E-state index in [0.29, 0.717) is 5.92 Å². The topological polar surface area (TPSA) is 34.1 Å². The first-order valence-electron chi connectivity index (χ1n) is 6.05. The highest BCUT2D eigenvalue weighted by atomic mass is 16.5. The Morgan fingerprint density at radius 3 is 3.19 bits per heavy atom. The summed E-state index contributed by atoms with van der Waals surface area (Å²) in [5.41, 5.74) is 2.53. The number of aromatic nitrogens is 1. The van der Waals surface area contributed by atoms with E-state index in [9.17, 15) is 0 Å². The highest BCUT2D eigenvalue weighted by Crippen LogP contribution is 2.35. The highest BCUT2D eigenvalue weighted by molar-refractivity contribution is 5.25. The summed E-state index contributed by atoms with van der Waals surface area (Å²) in [4.78, 5) is 4.20. The van der Waals surface area contributed by atoms with Gasteiger partial charge in [0.15, 0.2) is 0 Å². The predicted molar refractivity (Wildman–Crippen MR) is 64.3 cm³/mol. The van der Waals surface area contributed by atoms with Crippen molar-refractivity contribution < 1.29 is 4.74 Å². The molecule has 88 valence electrons. The fraction of sp³-hybridized carbons (Fsp3) is 0.615. The largest absolute Gasteiger partial charge is 0.373 e. The average Bonchev–Trinajstić information content (AvgIpc) is 2.75. The standard InChI is InChI=1S/C13H20N2O/c1-3-14-8-11-5-7-16-13(11)12-9-15-6-4-10(12)2/h4,6,9,11,13-14H,3,5,7-8H2,1-2H3. The molecular weight excluding hydrogens is 200 g/mol. The Labute approximate surface area is 97.2 Å². The van der Waals surface area contributed by atoms with Crippen LogP contribution in [-0.2, 0) is 4.74 Å². The Morgan fingerprint density at radius 1 is 1.56 bits per heavy atom. The van der Waals surface area contributed by atoms with Gasteiger partial charge in [0.1, 0.15) is 0 Å². The molecule has 1 saturated heterocycles. The van der Waals surface area contributed by atoms with E-state index in [1.807, 2.05) is 12.4 Å². The Morgan fingerprint density at radius 2 is 2.44 bits per heavy atom. The molecule has 2 atom stereocenters. The van der Waals surface area contributed by atoms with Crippen LogP contribution in [0.15, 0.2) is 18.5 Å². The number of nitrogens with zero attached hydrogens (tertiary/aromatic N) is 1. The molecule has 0 radical (unpaired) electrons. The fourth-order valence-electron chi connectivity index (χ4n) is 2.29. The normalized spacial score (nSPS) is 24.9. The van der Waals surface area contributed by atoms with E-state index in [1.165, 1.54) is 11.1 Å². The van der Waals surface area contributed by atoms with Gasteiger partial charge in [-0.2, -0.15) is 0 Å². The molecule has 3 nitrogen and oxygen atoms in total. The third-order valence-electron chi connectivity index (χ3n) is 3.26. The Bertz CT molecular complexity index is 340. The summed E-state index contributed by atoms with van der Waals surface area (Å²) >= 11 is 0. The molecule has 1 aliphatic heterocycles. The van der Waals surface area contributed by atoms with E-state index in [0.717, 1.165) is 26.1 Å². The SMILES string of the molecule is CCNCC1CCOC1c1cnccc1C. The van der Waals surface area contributed by atoms with Crippen molar-refractivity contribution >= 4 is 0 Å². The first-order chi connectivity index (χ1) is 7.83. The summed E-state index contributed by atoms with van der Waals surface area (Å²) in [5.74, 6) is 0.586. The zero-order valence-corrected chi connectivity index (χ0v) is 10.1. The molecule has 1 aliphatic rings. The van der Waals surface area contributed by atoms with Gasteiger partial charge in [0.05, 0.1) is 6.10 Å². The highest BCUT2D eigenvalue weighted by Gasteiger charge is 2.30. The number of aryl methyl sites for hydroxylation is 1. The quantitative estimate of drug-likeness (QED) is 0.843. The Balaban J connectivity index is 2.10. The number of nitrogens with one attached hydrogen (secondary N) is 1. The fourth-order valence-corrected chi connectivity index (χ4v) is 2.29. The zero-order chi connectivity index (χ0) is 11.4. The molecule has 1 aromatic rings. The lowest BCUT2D eigenvalue weighted by molar-refractivity contribution is 0.0899. The minimum Gasteiger partial charge on any atom is -0.373 e. The van der Waals surface area contributed by atoms with Crippen molar-refractivity contribution in [3.05, 3.63) is 29.6 Å². The molecule has 0 bridgehead atoms. The van der Waals surface area contributed by atoms with Crippen LogP contribution in [0.25, 0.3) is 0 Å². The summed E-state index contributed by atoms with van der Waals surface area (Å²) in [6.07, 6.45) is 5.16. The molecule has 0 spiro atoms. The van der Waals surface area contributed by atoms with Gasteiger partial charge in [0.2, 0.25) is 0 Å². The van der Waals surface area contributed by atoms with Crippen molar-refractivity contribution in [3.63, 3.8) is 0 Å². The Hall–Kier alpha value is -0.930. The smallest absolute Gasteiger partial charge is 0.0883 e. The van der Waals surface area contributed by atoms with Crippen LogP contribution in [0.1, 0.15) is 30.6 Å². The van der Waals surface area contributed by atoms with Gasteiger partial charge in [-0.15, -0.1) is 0 Å². The Kier molecular flexibility index (Phi) is 3.91. The predicted octanol–water partition coefficient (Wildman–Crippen LogP) is 2.08. The van der Waals surface area contributed by atoms with Crippen LogP contribution in [0.5, 0.6) is 0 Å². The molecule has 1 aromatic heterocycles. The summed E-state index contributed by atoms with van der Waals surface area (Å²) in [5, 5.41) is 3.41. The van der Waals surface area contributed by atoms with E-state index in [4.69, 9.17) is 4.74 Å². The van der Waals surface area contributed by atoms with E-state index >= 15 is 0 Å². The van der Waals surface area contributed by atoms with E-state index in [1.54, 1.807) is 0 Å². The first-order valence-corrected chi connectivity index (χ1v) is 6.05. The van der Waals surface area contributed by atoms with Gasteiger partial charge < -0.3 is 10.1 Å². The van der Waals surface area contributed by atoms with Gasteiger partial charge in [-0.3, -0.25) is 4.98 Å². The molecule has 2 rings (SSSR count). The van der Waals surface area contributed by atoms with Gasteiger partial charge in [-0.25, -0.2) is 0 Å². The minimum atomic E-state index is 0.229. The molecule has 0 saturated carbocycles. The van der Waals surface area contributed by atoms with Crippen molar-refractivity contribution in [1.29, 1.82) is 0 Å². The lowest BCUT2D eigenvalue weighted by Gasteiger charge is -2.20. The second kappa shape index (κ2) is 5.41. The van der Waals surface area contributed by atoms with Crippen molar-refractivity contribution in [1.82, 2.24) is 10.3 Å². The van der Waals surface area contributed by atoms with Crippen LogP contribution < -0.4 is 5.32 Å². The molecule has 16 heavy (non-hydrogen) atoms. The minimum absolute atomic E-state index is 0.229. The molecule has 3 heteroatoms. The van der Waals surface area contributed by atoms with Crippen molar-refractivity contribution in [2.75, 3.05) is 19.7 Å². The van der Waals surface area contributed by atoms with E-state index in [-0.39, 0.29) is 6.10 Å². The summed E-state index contributed by atoms with van der Waals surface area (Å²) in [6.45, 7) is 7.20. The van der Waals surface area contributed by atoms with E-state index < -0.39 is 0 Å². The summed E-state index contributed by atoms with van der Waals surface area (Å²) in [7, 11) is 0. The lowest BCUT2D eigenvalue weighted by Crippen LogP contribution is -2.24. The molecular formula is C13H20N2O. The monoisotopic (exact) mass is 220 g/mol. The molecule has 0 amide bonds. The van der Waals surface area contributed by atoms with Crippen LogP contribution in [0.2, 0.25) is 0 Å².